The number of aryl methyl sites for hydroxylation is 2. The minimum Gasteiger partial charge on any atom is -0.444 e. The van der Waals surface area contributed by atoms with E-state index in [1.165, 1.54) is 6.07 Å². The third-order valence-electron chi connectivity index (χ3n) is 17.6. The predicted molar refractivity (Wildman–Crippen MR) is 407 cm³/mol. The first-order valence-corrected chi connectivity index (χ1v) is 37.0. The molecule has 0 saturated carbocycles. The number of amides is 19. The van der Waals surface area contributed by atoms with E-state index in [2.05, 4.69) is 72.4 Å². The van der Waals surface area contributed by atoms with Crippen molar-refractivity contribution in [2.45, 2.75) is 180 Å². The molecule has 12 rings (SSSR count). The van der Waals surface area contributed by atoms with Crippen molar-refractivity contribution in [1.82, 2.24) is 56.8 Å². The van der Waals surface area contributed by atoms with Gasteiger partial charge >= 0.3 is 18.3 Å². The van der Waals surface area contributed by atoms with Gasteiger partial charge in [-0.3, -0.25) is 122 Å². The van der Waals surface area contributed by atoms with Crippen molar-refractivity contribution in [3.63, 3.8) is 0 Å². The number of alkyl carbamates (subject to hydrolysis) is 3. The fourth-order valence-electron chi connectivity index (χ4n) is 12.8. The Morgan fingerprint density at radius 2 is 0.774 bits per heavy atom. The van der Waals surface area contributed by atoms with Crippen LogP contribution in [-0.2, 0) is 65.4 Å². The summed E-state index contributed by atoms with van der Waals surface area (Å²) in [5.74, 6) is -0.578. The van der Waals surface area contributed by atoms with Crippen LogP contribution in [0, 0.1) is 24.2 Å². The summed E-state index contributed by atoms with van der Waals surface area (Å²) in [6.07, 6.45) is 6.48. The van der Waals surface area contributed by atoms with Crippen LogP contribution < -0.4 is 43.0 Å². The monoisotopic (exact) mass is 1650 g/mol. The van der Waals surface area contributed by atoms with Gasteiger partial charge in [0.15, 0.2) is 0 Å². The Labute approximate surface area is 668 Å². The number of ether oxygens (including phenoxy) is 3. The Bertz CT molecular complexity index is 4820. The van der Waals surface area contributed by atoms with Crippen molar-refractivity contribution in [2.24, 2.45) is 5.73 Å². The van der Waals surface area contributed by atoms with Crippen LogP contribution in [0.5, 0.6) is 0 Å². The molecule has 8 aliphatic heterocycles. The molecule has 4 atom stereocenters. The number of carbonyl (C=O) groups is 19. The van der Waals surface area contributed by atoms with Gasteiger partial charge in [0, 0.05) is 42.3 Å². The summed E-state index contributed by atoms with van der Waals surface area (Å²) in [5, 5.41) is 16.2. The first kappa shape index (κ1) is 87.9. The average Bonchev–Trinajstić information content (AvgIpc) is 1.63. The highest BCUT2D eigenvalue weighted by Crippen LogP contribution is 2.36. The van der Waals surface area contributed by atoms with Crippen molar-refractivity contribution in [3.8, 4) is 24.2 Å². The number of halogens is 2. The lowest BCUT2D eigenvalue weighted by Crippen LogP contribution is -2.54. The number of imide groups is 8. The van der Waals surface area contributed by atoms with E-state index in [0.29, 0.717) is 65.5 Å². The fraction of sp³-hybridized carbons (Fsp3) is 0.405. The van der Waals surface area contributed by atoms with Gasteiger partial charge in [-0.2, -0.15) is 0 Å². The van der Waals surface area contributed by atoms with Gasteiger partial charge in [-0.25, -0.2) is 14.4 Å². The van der Waals surface area contributed by atoms with Crippen LogP contribution >= 0.6 is 15.9 Å². The van der Waals surface area contributed by atoms with E-state index in [-0.39, 0.29) is 110 Å². The standard InChI is InChI=1S/C21H25N3O6.C21H21N3O6.C16H17N3O4.C13H9BrN2O4.C8H13NO2.FH/c2*1-21(2,3)30-20(29)22-11-5-7-12-6-4-8-13-16(12)19(28)24(18(13)27)14-9-10-15(25)23-17(14)26;17-8-2-4-9-3-1-5-10-13(9)16(23)19(15(10)22)11-6-7-12(20)18-14(11)21;14-7-3-1-2-6-10(7)13(20)16(12(6)19)8-4-5-9(17)15-11(8)18;1-5-6-9-7(10)11-8(2,3)4;/h4,6,8,14H,5,7,9-11H2,1-3H3,(H,22,29)(H,23,25,26);4,6,8,14H,9-11H2,1-3H3,(H,22,29)(H,23,25,26);1,3,5,11H,2,4,6-8,17H2,(H,18,20,21);1-3,8H,4-5H2,(H,15,17,18);1H,6H2,2-4H3,(H,9,10);1H/i/hT. The zero-order valence-corrected chi connectivity index (χ0v) is 65.8. The number of nitrogens with one attached hydrogen (secondary N) is 7. The normalized spacial score (nSPS) is 18.7. The zero-order valence-electron chi connectivity index (χ0n) is 65.2. The summed E-state index contributed by atoms with van der Waals surface area (Å²) in [6.45, 7) is 16.9. The van der Waals surface area contributed by atoms with Crippen molar-refractivity contribution < 1.29 is 110 Å². The largest absolute Gasteiger partial charge is 0.444 e. The second-order valence-electron chi connectivity index (χ2n) is 29.5. The summed E-state index contributed by atoms with van der Waals surface area (Å²) in [7, 11) is 0. The number of hydrogen-bond acceptors (Lipinski definition) is 23. The summed E-state index contributed by atoms with van der Waals surface area (Å²) in [6, 6.07) is 15.8. The molecule has 36 heteroatoms. The number of benzene rings is 4. The quantitative estimate of drug-likeness (QED) is 0.0391. The van der Waals surface area contributed by atoms with Crippen molar-refractivity contribution in [3.05, 3.63) is 138 Å². The van der Waals surface area contributed by atoms with Crippen molar-refractivity contribution in [2.75, 3.05) is 26.2 Å². The lowest BCUT2D eigenvalue weighted by Gasteiger charge is -2.27. The van der Waals surface area contributed by atoms with E-state index in [1.54, 1.807) is 129 Å². The number of nitrogens with two attached hydrogens (primary N) is 1. The highest BCUT2D eigenvalue weighted by Gasteiger charge is 2.50. The Morgan fingerprint density at radius 1 is 0.461 bits per heavy atom. The molecule has 0 aromatic heterocycles. The van der Waals surface area contributed by atoms with Gasteiger partial charge in [-0.1, -0.05) is 54.2 Å². The van der Waals surface area contributed by atoms with E-state index < -0.39 is 142 Å². The van der Waals surface area contributed by atoms with Gasteiger partial charge in [-0.15, -0.1) is 6.42 Å². The van der Waals surface area contributed by atoms with Gasteiger partial charge in [0.05, 0.1) is 57.6 Å². The molecule has 4 unspecified atom stereocenters. The smallest absolute Gasteiger partial charge is 0.408 e. The lowest BCUT2D eigenvalue weighted by molar-refractivity contribution is -0.137. The van der Waals surface area contributed by atoms with Crippen LogP contribution in [0.25, 0.3) is 0 Å². The maximum atomic E-state index is 13.0. The Hall–Kier alpha value is -12.7. The first-order chi connectivity index (χ1) is 54.7. The number of hydrogen-bond donors (Lipinski definition) is 8. The lowest BCUT2D eigenvalue weighted by atomic mass is 9.99. The molecular weight excluding hydrogens is 1570 g/mol. The van der Waals surface area contributed by atoms with Gasteiger partial charge in [0.25, 0.3) is 48.7 Å². The molecule has 4 saturated heterocycles. The van der Waals surface area contributed by atoms with Crippen LogP contribution in [0.3, 0.4) is 0 Å². The van der Waals surface area contributed by atoms with E-state index in [1.807, 2.05) is 0 Å². The molecule has 19 amide bonds. The highest BCUT2D eigenvalue weighted by molar-refractivity contribution is 9.10. The van der Waals surface area contributed by atoms with E-state index in [0.717, 1.165) is 25.2 Å². The van der Waals surface area contributed by atoms with Crippen LogP contribution in [-0.4, -0.2) is 201 Å². The Balaban J connectivity index is 0.000000205. The van der Waals surface area contributed by atoms with Gasteiger partial charge in [0.1, 0.15) is 41.0 Å². The van der Waals surface area contributed by atoms with Crippen molar-refractivity contribution >= 4 is 129 Å². The van der Waals surface area contributed by atoms with Gasteiger partial charge < -0.3 is 35.9 Å². The number of carbonyl (C=O) groups excluding carboxylic acids is 19. The summed E-state index contributed by atoms with van der Waals surface area (Å²) >= 11 is 3.24. The molecule has 0 radical (unpaired) electrons. The maximum Gasteiger partial charge on any atom is 0.408 e. The van der Waals surface area contributed by atoms with Crippen LogP contribution in [0.2, 0.25) is 0 Å². The molecule has 115 heavy (non-hydrogen) atoms. The molecule has 608 valence electrons. The van der Waals surface area contributed by atoms with E-state index in [4.69, 9.17) is 31.1 Å². The molecule has 8 heterocycles. The zero-order chi connectivity index (χ0) is 86.0. The number of rotatable bonds is 13. The minimum absolute atomic E-state index is 0.0163. The molecule has 4 aromatic rings. The van der Waals surface area contributed by atoms with Crippen molar-refractivity contribution in [1.29, 1.82) is 1.45 Å². The third-order valence-corrected chi connectivity index (χ3v) is 18.3. The summed E-state index contributed by atoms with van der Waals surface area (Å²) in [4.78, 5) is 233. The van der Waals surface area contributed by atoms with Gasteiger partial charge in [0.2, 0.25) is 47.3 Å². The molecule has 0 bridgehead atoms. The highest BCUT2D eigenvalue weighted by atomic mass is 79.9. The second-order valence-corrected chi connectivity index (χ2v) is 30.4. The van der Waals surface area contributed by atoms with Crippen LogP contribution in [0.15, 0.2) is 77.3 Å². The number of piperidine rings is 4. The number of fused-ring (bicyclic) bond motifs is 4. The summed E-state index contributed by atoms with van der Waals surface area (Å²) < 4.78 is 28.7. The predicted octanol–water partition coefficient (Wildman–Crippen LogP) is 4.64. The van der Waals surface area contributed by atoms with Crippen LogP contribution in [0.1, 0.15) is 226 Å². The SMILES string of the molecule is C#CCNC(=O)OC(C)(C)C.CC(C)(C)OC(=O)NCC#Cc1cccc2c1C(=O)N(C1CCC(=O)NC1=O)C2=O.CC(C)(C)OC(=O)NCCCc1cccc2c1C(=O)N(C1CCC(=O)NC1=O)C2=O.NCCCc1cccc2c1C(=O)N(C1CCC(=O)NC1=O)C2=O.O=C1CCC(N2C(=O)c3cccc(Br)c3C2=O)C(=O)N1.[3H]F. The Morgan fingerprint density at radius 3 is 1.12 bits per heavy atom. The molecule has 34 nitrogen and oxygen atoms in total. The topological polar surface area (TPSA) is 475 Å². The second kappa shape index (κ2) is 38.2. The van der Waals surface area contributed by atoms with Crippen LogP contribution in [0.4, 0.5) is 19.1 Å². The van der Waals surface area contributed by atoms with E-state index in [9.17, 15) is 91.1 Å². The average molecular weight is 1660 g/mol. The maximum absolute atomic E-state index is 13.0. The Kier molecular flexibility index (Phi) is 29.2. The van der Waals surface area contributed by atoms with Gasteiger partial charge in [-0.05, 0) is 184 Å². The molecule has 0 spiro atoms. The fourth-order valence-corrected chi connectivity index (χ4v) is 13.3. The summed E-state index contributed by atoms with van der Waals surface area (Å²) in [5.41, 5.74) is 7.58. The third kappa shape index (κ3) is 22.2. The molecule has 8 aliphatic rings. The number of terminal acetylenes is 1. The molecule has 0 aliphatic carbocycles. The molecular formula is C79H86BrFN12O22. The minimum atomic E-state index is -1.04. The van der Waals surface area contributed by atoms with E-state index >= 15 is 0 Å². The molecule has 4 aromatic carbocycles. The number of nitrogens with zero attached hydrogens (tertiary/aromatic N) is 4. The first-order valence-electron chi connectivity index (χ1n) is 36.6. The molecule has 9 N–H and O–H groups in total. The molecule has 4 fully saturated rings.